The van der Waals surface area contributed by atoms with Gasteiger partial charge in [0, 0.05) is 24.5 Å². The zero-order chi connectivity index (χ0) is 8.55. The van der Waals surface area contributed by atoms with E-state index in [0.29, 0.717) is 17.5 Å². The summed E-state index contributed by atoms with van der Waals surface area (Å²) in [6.07, 6.45) is 5.08. The van der Waals surface area contributed by atoms with Crippen LogP contribution in [-0.4, -0.2) is 14.4 Å². The normalized spacial score (nSPS) is 10.8. The van der Waals surface area contributed by atoms with Gasteiger partial charge in [-0.2, -0.15) is 0 Å². The molecule has 2 heterocycles. The monoisotopic (exact) mass is 182 g/mol. The van der Waals surface area contributed by atoms with Crippen molar-refractivity contribution in [3.63, 3.8) is 0 Å². The van der Waals surface area contributed by atoms with Crippen LogP contribution in [0.5, 0.6) is 0 Å². The lowest BCUT2D eigenvalue weighted by molar-refractivity contribution is 0.990. The Morgan fingerprint density at radius 2 is 2.17 bits per heavy atom. The van der Waals surface area contributed by atoms with Crippen molar-refractivity contribution in [2.24, 2.45) is 5.73 Å². The maximum absolute atomic E-state index is 5.82. The summed E-state index contributed by atoms with van der Waals surface area (Å²) >= 11 is 5.82. The fourth-order valence-electron chi connectivity index (χ4n) is 0.991. The summed E-state index contributed by atoms with van der Waals surface area (Å²) in [4.78, 5) is 8.03. The maximum Gasteiger partial charge on any atom is 0.234 e. The van der Waals surface area contributed by atoms with Crippen LogP contribution >= 0.6 is 11.6 Å². The van der Waals surface area contributed by atoms with E-state index in [2.05, 4.69) is 9.97 Å². The van der Waals surface area contributed by atoms with E-state index in [4.69, 9.17) is 17.3 Å². The van der Waals surface area contributed by atoms with Crippen molar-refractivity contribution in [2.75, 3.05) is 0 Å². The van der Waals surface area contributed by atoms with E-state index < -0.39 is 0 Å². The van der Waals surface area contributed by atoms with Crippen LogP contribution in [0.15, 0.2) is 18.6 Å². The quantitative estimate of drug-likeness (QED) is 0.711. The molecule has 0 aromatic carbocycles. The van der Waals surface area contributed by atoms with Crippen molar-refractivity contribution in [3.8, 4) is 0 Å². The van der Waals surface area contributed by atoms with Crippen LogP contribution < -0.4 is 5.73 Å². The van der Waals surface area contributed by atoms with Crippen molar-refractivity contribution in [1.82, 2.24) is 14.4 Å². The Bertz CT molecular complexity index is 409. The number of hydrogen-bond acceptors (Lipinski definition) is 3. The molecule has 0 aliphatic rings. The van der Waals surface area contributed by atoms with Crippen LogP contribution in [0, 0.1) is 0 Å². The van der Waals surface area contributed by atoms with Gasteiger partial charge in [0.05, 0.1) is 6.20 Å². The highest BCUT2D eigenvalue weighted by molar-refractivity contribution is 6.29. The van der Waals surface area contributed by atoms with E-state index in [0.717, 1.165) is 5.56 Å². The van der Waals surface area contributed by atoms with Crippen molar-refractivity contribution in [1.29, 1.82) is 0 Å². The molecule has 0 unspecified atom stereocenters. The minimum atomic E-state index is 0.456. The van der Waals surface area contributed by atoms with Crippen LogP contribution in [0.25, 0.3) is 5.78 Å². The lowest BCUT2D eigenvalue weighted by Gasteiger charge is -1.97. The second-order valence-electron chi connectivity index (χ2n) is 2.42. The molecule has 0 radical (unpaired) electrons. The summed E-state index contributed by atoms with van der Waals surface area (Å²) in [7, 11) is 0. The summed E-state index contributed by atoms with van der Waals surface area (Å²) in [5.74, 6) is 0.595. The SMILES string of the molecule is NCc1cnc2ncc(Cl)n2c1. The van der Waals surface area contributed by atoms with E-state index in [1.807, 2.05) is 6.20 Å². The molecule has 2 rings (SSSR count). The minimum Gasteiger partial charge on any atom is -0.326 e. The average Bonchev–Trinajstić information content (AvgIpc) is 2.47. The smallest absolute Gasteiger partial charge is 0.234 e. The van der Waals surface area contributed by atoms with Gasteiger partial charge in [0.1, 0.15) is 5.15 Å². The number of hydrogen-bond donors (Lipinski definition) is 1. The van der Waals surface area contributed by atoms with Gasteiger partial charge < -0.3 is 5.73 Å². The summed E-state index contributed by atoms with van der Waals surface area (Å²) in [5, 5.41) is 0.549. The summed E-state index contributed by atoms with van der Waals surface area (Å²) in [5.41, 5.74) is 6.38. The molecule has 62 valence electrons. The van der Waals surface area contributed by atoms with E-state index in [1.165, 1.54) is 0 Å². The van der Waals surface area contributed by atoms with Crippen molar-refractivity contribution < 1.29 is 0 Å². The van der Waals surface area contributed by atoms with E-state index in [9.17, 15) is 0 Å². The highest BCUT2D eigenvalue weighted by Gasteiger charge is 2.00. The molecule has 0 fully saturated rings. The number of fused-ring (bicyclic) bond motifs is 1. The predicted octanol–water partition coefficient (Wildman–Crippen LogP) is 0.841. The Labute approximate surface area is 74.0 Å². The van der Waals surface area contributed by atoms with Crippen LogP contribution in [0.3, 0.4) is 0 Å². The molecule has 0 aliphatic carbocycles. The largest absolute Gasteiger partial charge is 0.326 e. The van der Waals surface area contributed by atoms with Crippen LogP contribution in [-0.2, 0) is 6.54 Å². The Balaban J connectivity index is 2.71. The fourth-order valence-corrected chi connectivity index (χ4v) is 1.16. The first-order valence-corrected chi connectivity index (χ1v) is 3.86. The Morgan fingerprint density at radius 1 is 1.42 bits per heavy atom. The second kappa shape index (κ2) is 2.73. The van der Waals surface area contributed by atoms with E-state index in [-0.39, 0.29) is 0 Å². The molecule has 0 spiro atoms. The highest BCUT2D eigenvalue weighted by atomic mass is 35.5. The number of rotatable bonds is 1. The molecule has 2 aromatic heterocycles. The van der Waals surface area contributed by atoms with Crippen LogP contribution in [0.4, 0.5) is 0 Å². The van der Waals surface area contributed by atoms with Gasteiger partial charge >= 0.3 is 0 Å². The Hall–Kier alpha value is -1.13. The van der Waals surface area contributed by atoms with Gasteiger partial charge in [-0.05, 0) is 0 Å². The van der Waals surface area contributed by atoms with E-state index >= 15 is 0 Å². The third-order valence-electron chi connectivity index (χ3n) is 1.61. The second-order valence-corrected chi connectivity index (χ2v) is 2.80. The van der Waals surface area contributed by atoms with Gasteiger partial charge in [-0.1, -0.05) is 11.6 Å². The molecule has 0 aliphatic heterocycles. The molecule has 0 saturated carbocycles. The van der Waals surface area contributed by atoms with Crippen LogP contribution in [0.1, 0.15) is 5.56 Å². The summed E-state index contributed by atoms with van der Waals surface area (Å²) < 4.78 is 1.70. The van der Waals surface area contributed by atoms with Crippen molar-refractivity contribution >= 4 is 17.4 Å². The minimum absolute atomic E-state index is 0.456. The van der Waals surface area contributed by atoms with Crippen LogP contribution in [0.2, 0.25) is 5.15 Å². The molecule has 5 heteroatoms. The molecule has 12 heavy (non-hydrogen) atoms. The zero-order valence-electron chi connectivity index (χ0n) is 6.24. The Morgan fingerprint density at radius 3 is 2.92 bits per heavy atom. The predicted molar refractivity (Wildman–Crippen MR) is 45.9 cm³/mol. The van der Waals surface area contributed by atoms with Crippen molar-refractivity contribution in [3.05, 3.63) is 29.3 Å². The number of aromatic nitrogens is 3. The molecule has 0 amide bonds. The number of nitrogens with zero attached hydrogens (tertiary/aromatic N) is 3. The molecular weight excluding hydrogens is 176 g/mol. The lowest BCUT2D eigenvalue weighted by atomic mass is 10.3. The Kier molecular flexibility index (Phi) is 1.71. The maximum atomic E-state index is 5.82. The van der Waals surface area contributed by atoms with Gasteiger partial charge in [-0.25, -0.2) is 9.97 Å². The lowest BCUT2D eigenvalue weighted by Crippen LogP contribution is -1.99. The molecule has 0 bridgehead atoms. The molecule has 2 N–H and O–H groups in total. The molecular formula is C7H7ClN4. The number of halogens is 1. The average molecular weight is 183 g/mol. The van der Waals surface area contributed by atoms with Gasteiger partial charge in [0.25, 0.3) is 0 Å². The summed E-state index contributed by atoms with van der Waals surface area (Å²) in [6.45, 7) is 0.456. The molecule has 0 saturated heterocycles. The standard InChI is InChI=1S/C7H7ClN4/c8-6-3-11-7-10-2-5(1-9)4-12(6)7/h2-4H,1,9H2. The zero-order valence-corrected chi connectivity index (χ0v) is 6.99. The first kappa shape index (κ1) is 7.52. The van der Waals surface area contributed by atoms with Gasteiger partial charge in [-0.15, -0.1) is 0 Å². The van der Waals surface area contributed by atoms with Crippen molar-refractivity contribution in [2.45, 2.75) is 6.54 Å². The van der Waals surface area contributed by atoms with Gasteiger partial charge in [0.2, 0.25) is 5.78 Å². The fraction of sp³-hybridized carbons (Fsp3) is 0.143. The first-order chi connectivity index (χ1) is 5.81. The van der Waals surface area contributed by atoms with Gasteiger partial charge in [0.15, 0.2) is 0 Å². The third kappa shape index (κ3) is 1.05. The highest BCUT2D eigenvalue weighted by Crippen LogP contribution is 2.10. The number of nitrogens with two attached hydrogens (primary N) is 1. The number of imidazole rings is 1. The molecule has 0 atom stereocenters. The molecule has 2 aromatic rings. The third-order valence-corrected chi connectivity index (χ3v) is 1.89. The topological polar surface area (TPSA) is 56.2 Å². The van der Waals surface area contributed by atoms with E-state index in [1.54, 1.807) is 16.8 Å². The molecule has 4 nitrogen and oxygen atoms in total. The summed E-state index contributed by atoms with van der Waals surface area (Å²) in [6, 6.07) is 0. The van der Waals surface area contributed by atoms with Gasteiger partial charge in [-0.3, -0.25) is 4.40 Å². The first-order valence-electron chi connectivity index (χ1n) is 3.49.